The second kappa shape index (κ2) is 7.17. The van der Waals surface area contributed by atoms with E-state index in [9.17, 15) is 14.4 Å². The highest BCUT2D eigenvalue weighted by atomic mass is 79.9. The average Bonchev–Trinajstić information content (AvgIpc) is 2.64. The summed E-state index contributed by atoms with van der Waals surface area (Å²) in [6.07, 6.45) is 6.06. The van der Waals surface area contributed by atoms with Crippen molar-refractivity contribution in [2.75, 3.05) is 19.0 Å². The standard InChI is InChI=1S/C21H24BrNO5/c1-27-18(25)15-2-4-16(5-3-15)23-17(24)11-28-19(26)20-7-13-6-14(8-20)10-21(22,9-13)12-20/h2-5,13-14H,6-12H2,1H3,(H,23,24). The lowest BCUT2D eigenvalue weighted by Gasteiger charge is -2.58. The summed E-state index contributed by atoms with van der Waals surface area (Å²) >= 11 is 3.89. The summed E-state index contributed by atoms with van der Waals surface area (Å²) in [5, 5.41) is 2.69. The Kier molecular flexibility index (Phi) is 4.98. The van der Waals surface area contributed by atoms with Crippen molar-refractivity contribution in [3.8, 4) is 0 Å². The number of amides is 1. The van der Waals surface area contributed by atoms with Crippen LogP contribution in [0.25, 0.3) is 0 Å². The molecule has 1 N–H and O–H groups in total. The number of hydrogen-bond donors (Lipinski definition) is 1. The Morgan fingerprint density at radius 2 is 1.75 bits per heavy atom. The van der Waals surface area contributed by atoms with Crippen LogP contribution in [0.1, 0.15) is 48.9 Å². The summed E-state index contributed by atoms with van der Waals surface area (Å²) in [6.45, 7) is -0.302. The summed E-state index contributed by atoms with van der Waals surface area (Å²) in [6, 6.07) is 6.36. The van der Waals surface area contributed by atoms with Gasteiger partial charge in [0.2, 0.25) is 0 Å². The maximum Gasteiger partial charge on any atom is 0.337 e. The van der Waals surface area contributed by atoms with Crippen molar-refractivity contribution in [3.05, 3.63) is 29.8 Å². The Bertz CT molecular complexity index is 792. The van der Waals surface area contributed by atoms with Gasteiger partial charge in [-0.15, -0.1) is 0 Å². The molecular formula is C21H24BrNO5. The molecule has 0 spiro atoms. The van der Waals surface area contributed by atoms with Crippen LogP contribution in [0.2, 0.25) is 0 Å². The van der Waals surface area contributed by atoms with Gasteiger partial charge in [0.15, 0.2) is 6.61 Å². The molecule has 4 aliphatic rings. The molecule has 4 aliphatic carbocycles. The molecule has 0 saturated heterocycles. The molecule has 2 atom stereocenters. The Hall–Kier alpha value is -1.89. The van der Waals surface area contributed by atoms with Crippen LogP contribution in [0.5, 0.6) is 0 Å². The number of rotatable bonds is 5. The lowest BCUT2D eigenvalue weighted by molar-refractivity contribution is -0.170. The molecule has 0 heterocycles. The first-order valence-corrected chi connectivity index (χ1v) is 10.4. The van der Waals surface area contributed by atoms with Crippen LogP contribution in [0.4, 0.5) is 5.69 Å². The number of hydrogen-bond acceptors (Lipinski definition) is 5. The van der Waals surface area contributed by atoms with Crippen LogP contribution in [0, 0.1) is 17.3 Å². The molecule has 0 radical (unpaired) electrons. The molecule has 1 aromatic carbocycles. The molecule has 150 valence electrons. The fraction of sp³-hybridized carbons (Fsp3) is 0.571. The van der Waals surface area contributed by atoms with Gasteiger partial charge in [0.25, 0.3) is 5.91 Å². The zero-order chi connectivity index (χ0) is 19.9. The SMILES string of the molecule is COC(=O)c1ccc(NC(=O)COC(=O)C23CC4CC(CC(Br)(C4)C2)C3)cc1. The molecule has 28 heavy (non-hydrogen) atoms. The minimum absolute atomic E-state index is 0.0692. The van der Waals surface area contributed by atoms with Gasteiger partial charge in [-0.3, -0.25) is 9.59 Å². The summed E-state index contributed by atoms with van der Waals surface area (Å²) in [4.78, 5) is 36.5. The number of esters is 2. The van der Waals surface area contributed by atoms with E-state index in [1.165, 1.54) is 13.5 Å². The van der Waals surface area contributed by atoms with Gasteiger partial charge >= 0.3 is 11.9 Å². The van der Waals surface area contributed by atoms with Crippen molar-refractivity contribution in [1.82, 2.24) is 0 Å². The molecule has 4 fully saturated rings. The number of halogens is 1. The minimum atomic E-state index is -0.438. The molecule has 4 bridgehead atoms. The van der Waals surface area contributed by atoms with E-state index >= 15 is 0 Å². The van der Waals surface area contributed by atoms with Crippen molar-refractivity contribution in [2.45, 2.75) is 42.8 Å². The molecule has 4 saturated carbocycles. The van der Waals surface area contributed by atoms with Crippen LogP contribution in [-0.2, 0) is 19.1 Å². The van der Waals surface area contributed by atoms with Crippen LogP contribution < -0.4 is 5.32 Å². The van der Waals surface area contributed by atoms with Crippen molar-refractivity contribution in [3.63, 3.8) is 0 Å². The van der Waals surface area contributed by atoms with E-state index < -0.39 is 17.3 Å². The number of nitrogens with one attached hydrogen (secondary N) is 1. The topological polar surface area (TPSA) is 81.7 Å². The van der Waals surface area contributed by atoms with Gasteiger partial charge in [0, 0.05) is 10.0 Å². The Morgan fingerprint density at radius 3 is 2.32 bits per heavy atom. The zero-order valence-corrected chi connectivity index (χ0v) is 17.4. The largest absolute Gasteiger partial charge is 0.465 e. The third-order valence-electron chi connectivity index (χ3n) is 6.35. The Morgan fingerprint density at radius 1 is 1.11 bits per heavy atom. The summed E-state index contributed by atoms with van der Waals surface area (Å²) in [5.74, 6) is 0.0941. The summed E-state index contributed by atoms with van der Waals surface area (Å²) in [5.41, 5.74) is 0.496. The highest BCUT2D eigenvalue weighted by Crippen LogP contribution is 2.64. The van der Waals surface area contributed by atoms with Crippen LogP contribution in [0.3, 0.4) is 0 Å². The third kappa shape index (κ3) is 3.69. The smallest absolute Gasteiger partial charge is 0.337 e. The van der Waals surface area contributed by atoms with Crippen LogP contribution in [0.15, 0.2) is 24.3 Å². The minimum Gasteiger partial charge on any atom is -0.465 e. The number of methoxy groups -OCH3 is 1. The van der Waals surface area contributed by atoms with E-state index in [1.807, 2.05) is 0 Å². The maximum atomic E-state index is 12.9. The highest BCUT2D eigenvalue weighted by Gasteiger charge is 2.60. The molecule has 0 aromatic heterocycles. The van der Waals surface area contributed by atoms with Crippen molar-refractivity contribution < 1.29 is 23.9 Å². The van der Waals surface area contributed by atoms with Gasteiger partial charge in [0.1, 0.15) is 0 Å². The van der Waals surface area contributed by atoms with E-state index in [4.69, 9.17) is 4.74 Å². The van der Waals surface area contributed by atoms with Gasteiger partial charge in [0.05, 0.1) is 18.1 Å². The van der Waals surface area contributed by atoms with Crippen LogP contribution in [-0.4, -0.2) is 35.9 Å². The van der Waals surface area contributed by atoms with Gasteiger partial charge in [-0.1, -0.05) is 15.9 Å². The monoisotopic (exact) mass is 449 g/mol. The first-order chi connectivity index (χ1) is 13.3. The fourth-order valence-corrected chi connectivity index (χ4v) is 7.13. The number of benzene rings is 1. The first-order valence-electron chi connectivity index (χ1n) is 9.65. The number of anilines is 1. The van der Waals surface area contributed by atoms with E-state index in [1.54, 1.807) is 24.3 Å². The molecule has 0 aliphatic heterocycles. The number of carbonyl (C=O) groups is 3. The predicted octanol–water partition coefficient (Wildman–Crippen LogP) is 3.69. The van der Waals surface area contributed by atoms with Gasteiger partial charge < -0.3 is 14.8 Å². The van der Waals surface area contributed by atoms with E-state index in [0.29, 0.717) is 23.1 Å². The molecule has 2 unspecified atom stereocenters. The Balaban J connectivity index is 1.32. The van der Waals surface area contributed by atoms with E-state index in [-0.39, 0.29) is 16.9 Å². The lowest BCUT2D eigenvalue weighted by atomic mass is 9.49. The quantitative estimate of drug-likeness (QED) is 0.547. The van der Waals surface area contributed by atoms with Crippen molar-refractivity contribution >= 4 is 39.5 Å². The number of ether oxygens (including phenoxy) is 2. The maximum absolute atomic E-state index is 12.9. The first kappa shape index (κ1) is 19.4. The summed E-state index contributed by atoms with van der Waals surface area (Å²) < 4.78 is 10.2. The van der Waals surface area contributed by atoms with Crippen molar-refractivity contribution in [1.29, 1.82) is 0 Å². The molecule has 5 rings (SSSR count). The molecular weight excluding hydrogens is 426 g/mol. The third-order valence-corrected chi connectivity index (χ3v) is 7.27. The van der Waals surface area contributed by atoms with Gasteiger partial charge in [-0.2, -0.15) is 0 Å². The molecule has 1 aromatic rings. The van der Waals surface area contributed by atoms with Crippen LogP contribution >= 0.6 is 15.9 Å². The molecule has 6 nitrogen and oxygen atoms in total. The number of carbonyl (C=O) groups excluding carboxylic acids is 3. The second-order valence-electron chi connectivity index (χ2n) is 8.59. The van der Waals surface area contributed by atoms with Crippen molar-refractivity contribution in [2.24, 2.45) is 17.3 Å². The second-order valence-corrected chi connectivity index (χ2v) is 10.3. The van der Waals surface area contributed by atoms with Gasteiger partial charge in [-0.05, 0) is 74.6 Å². The molecule has 7 heteroatoms. The molecule has 1 amide bonds. The Labute approximate surface area is 172 Å². The van der Waals surface area contributed by atoms with Gasteiger partial charge in [-0.25, -0.2) is 4.79 Å². The number of alkyl halides is 1. The predicted molar refractivity (Wildman–Crippen MR) is 106 cm³/mol. The van der Waals surface area contributed by atoms with E-state index in [2.05, 4.69) is 26.0 Å². The zero-order valence-electron chi connectivity index (χ0n) is 15.8. The fourth-order valence-electron chi connectivity index (χ4n) is 5.68. The lowest BCUT2D eigenvalue weighted by Crippen LogP contribution is -2.56. The van der Waals surface area contributed by atoms with E-state index in [0.717, 1.165) is 32.1 Å². The average molecular weight is 450 g/mol. The summed E-state index contributed by atoms with van der Waals surface area (Å²) in [7, 11) is 1.31. The highest BCUT2D eigenvalue weighted by molar-refractivity contribution is 9.10. The normalized spacial score (nSPS) is 32.6.